The summed E-state index contributed by atoms with van der Waals surface area (Å²) in [6.07, 6.45) is -0.534. The van der Waals surface area contributed by atoms with Crippen LogP contribution >= 0.6 is 0 Å². The molecule has 1 aliphatic rings. The van der Waals surface area contributed by atoms with Crippen molar-refractivity contribution in [2.24, 2.45) is 11.3 Å². The first kappa shape index (κ1) is 8.98. The minimum Gasteiger partial charge on any atom is -0.390 e. The summed E-state index contributed by atoms with van der Waals surface area (Å²) in [5.74, 6) is 0.340. The number of hydrogen-bond donors (Lipinski definition) is 1. The quantitative estimate of drug-likeness (QED) is 0.575. The summed E-state index contributed by atoms with van der Waals surface area (Å²) in [6.45, 7) is 6.30. The van der Waals surface area contributed by atoms with Gasteiger partial charge in [-0.3, -0.25) is 0 Å². The third-order valence-electron chi connectivity index (χ3n) is 2.68. The van der Waals surface area contributed by atoms with Crippen molar-refractivity contribution in [1.29, 1.82) is 0 Å². The van der Waals surface area contributed by atoms with Gasteiger partial charge in [-0.25, -0.2) is 4.39 Å². The highest BCUT2D eigenvalue weighted by atomic mass is 19.1. The second-order valence-electron chi connectivity index (χ2n) is 4.62. The van der Waals surface area contributed by atoms with Crippen LogP contribution in [0.4, 0.5) is 4.39 Å². The highest BCUT2D eigenvalue weighted by Gasteiger charge is 2.38. The summed E-state index contributed by atoms with van der Waals surface area (Å²) in [5.41, 5.74) is 0.141. The Labute approximate surface area is 67.6 Å². The van der Waals surface area contributed by atoms with E-state index in [0.717, 1.165) is 0 Å². The molecule has 3 atom stereocenters. The molecule has 0 bridgehead atoms. The standard InChI is InChI=1S/C9H17FO/c1-9(2,3)6-4-7(10)8(11)5-6/h6-8,11H,4-5H2,1-3H3. The van der Waals surface area contributed by atoms with Gasteiger partial charge in [-0.15, -0.1) is 0 Å². The summed E-state index contributed by atoms with van der Waals surface area (Å²) >= 11 is 0. The fourth-order valence-corrected chi connectivity index (χ4v) is 1.67. The SMILES string of the molecule is CC(C)(C)C1CC(O)C(F)C1. The molecule has 0 amide bonds. The van der Waals surface area contributed by atoms with E-state index >= 15 is 0 Å². The highest BCUT2D eigenvalue weighted by molar-refractivity contribution is 4.88. The minimum atomic E-state index is -0.987. The lowest BCUT2D eigenvalue weighted by Crippen LogP contribution is -2.18. The van der Waals surface area contributed by atoms with E-state index in [9.17, 15) is 4.39 Å². The number of halogens is 1. The van der Waals surface area contributed by atoms with Crippen LogP contribution in [0.5, 0.6) is 0 Å². The van der Waals surface area contributed by atoms with Gasteiger partial charge >= 0.3 is 0 Å². The molecule has 1 N–H and O–H groups in total. The van der Waals surface area contributed by atoms with E-state index in [2.05, 4.69) is 20.8 Å². The van der Waals surface area contributed by atoms with Crippen LogP contribution in [0.1, 0.15) is 33.6 Å². The van der Waals surface area contributed by atoms with E-state index in [1.807, 2.05) is 0 Å². The molecule has 66 valence electrons. The fourth-order valence-electron chi connectivity index (χ4n) is 1.67. The van der Waals surface area contributed by atoms with E-state index in [1.165, 1.54) is 0 Å². The van der Waals surface area contributed by atoms with Crippen LogP contribution < -0.4 is 0 Å². The first-order valence-electron chi connectivity index (χ1n) is 4.23. The third-order valence-corrected chi connectivity index (χ3v) is 2.68. The maximum Gasteiger partial charge on any atom is 0.126 e. The fraction of sp³-hybridized carbons (Fsp3) is 1.00. The molecule has 0 spiro atoms. The van der Waals surface area contributed by atoms with Crippen LogP contribution in [0.3, 0.4) is 0 Å². The minimum absolute atomic E-state index is 0.141. The van der Waals surface area contributed by atoms with Crippen molar-refractivity contribution in [3.8, 4) is 0 Å². The molecule has 1 nitrogen and oxygen atoms in total. The van der Waals surface area contributed by atoms with E-state index in [4.69, 9.17) is 5.11 Å². The summed E-state index contributed by atoms with van der Waals surface area (Å²) < 4.78 is 12.8. The largest absolute Gasteiger partial charge is 0.390 e. The summed E-state index contributed by atoms with van der Waals surface area (Å²) in [7, 11) is 0. The van der Waals surface area contributed by atoms with E-state index < -0.39 is 12.3 Å². The molecule has 11 heavy (non-hydrogen) atoms. The molecule has 0 aromatic carbocycles. The van der Waals surface area contributed by atoms with Crippen molar-refractivity contribution in [2.45, 2.75) is 45.9 Å². The smallest absolute Gasteiger partial charge is 0.126 e. The molecule has 0 heterocycles. The van der Waals surface area contributed by atoms with Gasteiger partial charge in [0.1, 0.15) is 6.17 Å². The highest BCUT2D eigenvalue weighted by Crippen LogP contribution is 2.40. The summed E-state index contributed by atoms with van der Waals surface area (Å²) in [6, 6.07) is 0. The number of alkyl halides is 1. The molecule has 0 radical (unpaired) electrons. The van der Waals surface area contributed by atoms with Gasteiger partial charge in [-0.05, 0) is 24.2 Å². The third kappa shape index (κ3) is 1.92. The van der Waals surface area contributed by atoms with Crippen molar-refractivity contribution in [2.75, 3.05) is 0 Å². The lowest BCUT2D eigenvalue weighted by molar-refractivity contribution is 0.101. The van der Waals surface area contributed by atoms with Gasteiger partial charge in [0, 0.05) is 0 Å². The van der Waals surface area contributed by atoms with Crippen molar-refractivity contribution in [3.05, 3.63) is 0 Å². The molecule has 1 fully saturated rings. The number of rotatable bonds is 0. The van der Waals surface area contributed by atoms with Crippen LogP contribution in [0, 0.1) is 11.3 Å². The molecule has 0 saturated heterocycles. The van der Waals surface area contributed by atoms with Crippen molar-refractivity contribution in [3.63, 3.8) is 0 Å². The number of aliphatic hydroxyl groups excluding tert-OH is 1. The summed E-state index contributed by atoms with van der Waals surface area (Å²) in [4.78, 5) is 0. The number of aliphatic hydroxyl groups is 1. The van der Waals surface area contributed by atoms with Gasteiger partial charge in [0.25, 0.3) is 0 Å². The average molecular weight is 160 g/mol. The van der Waals surface area contributed by atoms with Gasteiger partial charge in [-0.2, -0.15) is 0 Å². The van der Waals surface area contributed by atoms with Crippen LogP contribution in [0.25, 0.3) is 0 Å². The van der Waals surface area contributed by atoms with Crippen molar-refractivity contribution in [1.82, 2.24) is 0 Å². The van der Waals surface area contributed by atoms with Crippen LogP contribution in [-0.4, -0.2) is 17.4 Å². The van der Waals surface area contributed by atoms with Gasteiger partial charge in [0.15, 0.2) is 0 Å². The molecular weight excluding hydrogens is 143 g/mol. The van der Waals surface area contributed by atoms with Crippen molar-refractivity contribution >= 4 is 0 Å². The monoisotopic (exact) mass is 160 g/mol. The zero-order chi connectivity index (χ0) is 8.65. The Morgan fingerprint density at radius 3 is 2.00 bits per heavy atom. The second kappa shape index (κ2) is 2.74. The van der Waals surface area contributed by atoms with E-state index in [1.54, 1.807) is 0 Å². The van der Waals surface area contributed by atoms with Crippen LogP contribution in [-0.2, 0) is 0 Å². The summed E-state index contributed by atoms with van der Waals surface area (Å²) in [5, 5.41) is 9.16. The molecule has 1 aliphatic carbocycles. The van der Waals surface area contributed by atoms with Crippen molar-refractivity contribution < 1.29 is 9.50 Å². The normalized spacial score (nSPS) is 39.5. The molecular formula is C9H17FO. The molecule has 1 rings (SSSR count). The van der Waals surface area contributed by atoms with Crippen LogP contribution in [0.15, 0.2) is 0 Å². The van der Waals surface area contributed by atoms with E-state index in [-0.39, 0.29) is 5.41 Å². The predicted molar refractivity (Wildman–Crippen MR) is 43.1 cm³/mol. The molecule has 3 unspecified atom stereocenters. The average Bonchev–Trinajstić information content (AvgIpc) is 2.11. The lowest BCUT2D eigenvalue weighted by Gasteiger charge is -2.26. The Hall–Kier alpha value is -0.110. The molecule has 0 aromatic heterocycles. The maximum atomic E-state index is 12.8. The predicted octanol–water partition coefficient (Wildman–Crippen LogP) is 2.14. The molecule has 0 aliphatic heterocycles. The first-order valence-corrected chi connectivity index (χ1v) is 4.23. The van der Waals surface area contributed by atoms with Gasteiger partial charge in [-0.1, -0.05) is 20.8 Å². The Morgan fingerprint density at radius 1 is 1.27 bits per heavy atom. The van der Waals surface area contributed by atoms with Gasteiger partial charge in [0.05, 0.1) is 6.10 Å². The lowest BCUT2D eigenvalue weighted by atomic mass is 9.80. The Kier molecular flexibility index (Phi) is 2.24. The zero-order valence-electron chi connectivity index (χ0n) is 7.47. The Balaban J connectivity index is 2.54. The number of hydrogen-bond acceptors (Lipinski definition) is 1. The van der Waals surface area contributed by atoms with Gasteiger partial charge < -0.3 is 5.11 Å². The van der Waals surface area contributed by atoms with Crippen LogP contribution in [0.2, 0.25) is 0 Å². The zero-order valence-corrected chi connectivity index (χ0v) is 7.47. The van der Waals surface area contributed by atoms with Gasteiger partial charge in [0.2, 0.25) is 0 Å². The molecule has 0 aromatic rings. The maximum absolute atomic E-state index is 12.8. The van der Waals surface area contributed by atoms with E-state index in [0.29, 0.717) is 18.8 Å². The second-order valence-corrected chi connectivity index (χ2v) is 4.62. The molecule has 1 saturated carbocycles. The Bertz CT molecular complexity index is 129. The Morgan fingerprint density at radius 2 is 1.82 bits per heavy atom. The first-order chi connectivity index (χ1) is 4.91. The molecule has 2 heteroatoms. The topological polar surface area (TPSA) is 20.2 Å².